The number of likely N-dealkylation sites (N-methyl/N-ethyl adjacent to an activating group) is 2. The highest BCUT2D eigenvalue weighted by molar-refractivity contribution is 5.94. The molecule has 1 aliphatic rings. The molecule has 27 heavy (non-hydrogen) atoms. The van der Waals surface area contributed by atoms with Gasteiger partial charge in [0.1, 0.15) is 5.82 Å². The lowest BCUT2D eigenvalue weighted by Gasteiger charge is -2.17. The van der Waals surface area contributed by atoms with Gasteiger partial charge in [-0.1, -0.05) is 12.1 Å². The van der Waals surface area contributed by atoms with Crippen LogP contribution >= 0.6 is 0 Å². The van der Waals surface area contributed by atoms with Crippen molar-refractivity contribution in [3.63, 3.8) is 0 Å². The highest BCUT2D eigenvalue weighted by Gasteiger charge is 2.34. The molecule has 3 rings (SSSR count). The average Bonchev–Trinajstić information content (AvgIpc) is 3.02. The van der Waals surface area contributed by atoms with Crippen LogP contribution in [0.15, 0.2) is 42.6 Å². The summed E-state index contributed by atoms with van der Waals surface area (Å²) in [7, 11) is 1.88. The number of hydrogen-bond acceptors (Lipinski definition) is 4. The minimum absolute atomic E-state index is 0.0159. The fourth-order valence-electron chi connectivity index (χ4n) is 3.32. The van der Waals surface area contributed by atoms with Gasteiger partial charge in [-0.05, 0) is 44.7 Å². The largest absolute Gasteiger partial charge is 0.355 e. The molecule has 1 saturated heterocycles. The fraction of sp³-hybridized carbons (Fsp3) is 0.350. The number of pyridine rings is 1. The van der Waals surface area contributed by atoms with E-state index in [1.165, 1.54) is 18.3 Å². The van der Waals surface area contributed by atoms with Crippen molar-refractivity contribution >= 4 is 11.8 Å². The maximum absolute atomic E-state index is 13.3. The Morgan fingerprint density at radius 3 is 2.78 bits per heavy atom. The van der Waals surface area contributed by atoms with Crippen molar-refractivity contribution in [3.05, 3.63) is 54.0 Å². The monoisotopic (exact) mass is 370 g/mol. The zero-order valence-electron chi connectivity index (χ0n) is 15.4. The first kappa shape index (κ1) is 19.0. The van der Waals surface area contributed by atoms with Crippen LogP contribution in [0.25, 0.3) is 11.3 Å². The molecule has 0 bridgehead atoms. The van der Waals surface area contributed by atoms with Gasteiger partial charge in [0.25, 0.3) is 5.91 Å². The third kappa shape index (κ3) is 4.49. The summed E-state index contributed by atoms with van der Waals surface area (Å²) >= 11 is 0. The first-order valence-electron chi connectivity index (χ1n) is 8.98. The van der Waals surface area contributed by atoms with E-state index in [1.807, 2.05) is 18.9 Å². The average molecular weight is 370 g/mol. The Kier molecular flexibility index (Phi) is 5.81. The van der Waals surface area contributed by atoms with Gasteiger partial charge in [0.05, 0.1) is 17.3 Å². The van der Waals surface area contributed by atoms with Gasteiger partial charge in [-0.25, -0.2) is 4.39 Å². The van der Waals surface area contributed by atoms with E-state index in [0.29, 0.717) is 36.3 Å². The van der Waals surface area contributed by atoms with E-state index in [0.717, 1.165) is 0 Å². The molecule has 2 aromatic rings. The number of aromatic nitrogens is 1. The summed E-state index contributed by atoms with van der Waals surface area (Å²) in [6, 6.07) is 9.19. The zero-order valence-corrected chi connectivity index (χ0v) is 15.4. The molecular formula is C20H23FN4O2. The van der Waals surface area contributed by atoms with Crippen molar-refractivity contribution in [2.24, 2.45) is 0 Å². The lowest BCUT2D eigenvalue weighted by molar-refractivity contribution is -0.124. The van der Waals surface area contributed by atoms with Gasteiger partial charge in [0.15, 0.2) is 0 Å². The van der Waals surface area contributed by atoms with Crippen LogP contribution in [-0.4, -0.2) is 53.9 Å². The minimum atomic E-state index is -0.330. The molecule has 2 N–H and O–H groups in total. The highest BCUT2D eigenvalue weighted by atomic mass is 19.1. The van der Waals surface area contributed by atoms with Crippen LogP contribution in [0.3, 0.4) is 0 Å². The van der Waals surface area contributed by atoms with Crippen LogP contribution < -0.4 is 10.6 Å². The van der Waals surface area contributed by atoms with Gasteiger partial charge in [-0.15, -0.1) is 0 Å². The van der Waals surface area contributed by atoms with Crippen molar-refractivity contribution in [2.45, 2.75) is 25.4 Å². The standard InChI is InChI=1S/C20H23FN4O2/c1-3-22-20(27)18-10-16(12-25(18)2)24-19(26)14-7-8-17(23-11-14)13-5-4-6-15(21)9-13/h4-9,11,16,18H,3,10,12H2,1-2H3,(H,22,27)(H,24,26)/t16-,18-/m0/s1. The third-order valence-electron chi connectivity index (χ3n) is 4.68. The maximum atomic E-state index is 13.3. The SMILES string of the molecule is CCNC(=O)[C@@H]1C[C@H](NC(=O)c2ccc(-c3cccc(F)c3)nc2)CN1C. The maximum Gasteiger partial charge on any atom is 0.253 e. The molecule has 142 valence electrons. The Morgan fingerprint density at radius 1 is 1.30 bits per heavy atom. The summed E-state index contributed by atoms with van der Waals surface area (Å²) in [5.74, 6) is -0.579. The second kappa shape index (κ2) is 8.26. The summed E-state index contributed by atoms with van der Waals surface area (Å²) in [5, 5.41) is 5.78. The van der Waals surface area contributed by atoms with Crippen LogP contribution in [0.1, 0.15) is 23.7 Å². The summed E-state index contributed by atoms with van der Waals surface area (Å²) in [5.41, 5.74) is 1.69. The van der Waals surface area contributed by atoms with Gasteiger partial charge in [0.2, 0.25) is 5.91 Å². The van der Waals surface area contributed by atoms with Crippen LogP contribution in [0.2, 0.25) is 0 Å². The number of nitrogens with one attached hydrogen (secondary N) is 2. The Labute approximate surface area is 157 Å². The van der Waals surface area contributed by atoms with Gasteiger partial charge in [-0.2, -0.15) is 0 Å². The Balaban J connectivity index is 1.62. The molecule has 2 amide bonds. The number of halogens is 1. The molecule has 2 heterocycles. The van der Waals surface area contributed by atoms with Gasteiger partial charge in [-0.3, -0.25) is 19.5 Å². The fourth-order valence-corrected chi connectivity index (χ4v) is 3.32. The summed E-state index contributed by atoms with van der Waals surface area (Å²) in [4.78, 5) is 30.7. The molecule has 7 heteroatoms. The third-order valence-corrected chi connectivity index (χ3v) is 4.68. The van der Waals surface area contributed by atoms with E-state index in [4.69, 9.17) is 0 Å². The number of hydrogen-bond donors (Lipinski definition) is 2. The molecule has 1 aromatic heterocycles. The van der Waals surface area contributed by atoms with Gasteiger partial charge >= 0.3 is 0 Å². The normalized spacial score (nSPS) is 19.7. The number of carbonyl (C=O) groups is 2. The number of rotatable bonds is 5. The van der Waals surface area contributed by atoms with E-state index in [9.17, 15) is 14.0 Å². The number of amides is 2. The Hall–Kier alpha value is -2.80. The topological polar surface area (TPSA) is 74.3 Å². The molecule has 0 saturated carbocycles. The Morgan fingerprint density at radius 2 is 2.11 bits per heavy atom. The van der Waals surface area contributed by atoms with Crippen LogP contribution in [-0.2, 0) is 4.79 Å². The van der Waals surface area contributed by atoms with Crippen LogP contribution in [0.4, 0.5) is 4.39 Å². The Bertz CT molecular complexity index is 825. The van der Waals surface area contributed by atoms with E-state index in [-0.39, 0.29) is 29.7 Å². The number of likely N-dealkylation sites (tertiary alicyclic amines) is 1. The molecule has 6 nitrogen and oxygen atoms in total. The highest BCUT2D eigenvalue weighted by Crippen LogP contribution is 2.19. The van der Waals surface area contributed by atoms with Crippen molar-refractivity contribution in [1.29, 1.82) is 0 Å². The molecule has 0 aliphatic carbocycles. The second-order valence-electron chi connectivity index (χ2n) is 6.70. The molecule has 1 aromatic carbocycles. The van der Waals surface area contributed by atoms with Crippen LogP contribution in [0.5, 0.6) is 0 Å². The van der Waals surface area contributed by atoms with Crippen molar-refractivity contribution < 1.29 is 14.0 Å². The first-order chi connectivity index (χ1) is 13.0. The van der Waals surface area contributed by atoms with E-state index < -0.39 is 0 Å². The quantitative estimate of drug-likeness (QED) is 0.842. The lowest BCUT2D eigenvalue weighted by Crippen LogP contribution is -2.41. The second-order valence-corrected chi connectivity index (χ2v) is 6.70. The molecule has 0 spiro atoms. The zero-order chi connectivity index (χ0) is 19.4. The minimum Gasteiger partial charge on any atom is -0.355 e. The molecule has 1 fully saturated rings. The number of nitrogens with zero attached hydrogens (tertiary/aromatic N) is 2. The molecule has 1 aliphatic heterocycles. The lowest BCUT2D eigenvalue weighted by atomic mass is 10.1. The molecule has 2 atom stereocenters. The number of carbonyl (C=O) groups excluding carboxylic acids is 2. The summed E-state index contributed by atoms with van der Waals surface area (Å²) < 4.78 is 13.3. The molecule has 0 radical (unpaired) electrons. The predicted octanol–water partition coefficient (Wildman–Crippen LogP) is 1.83. The summed E-state index contributed by atoms with van der Waals surface area (Å²) in [6.07, 6.45) is 2.05. The van der Waals surface area contributed by atoms with Crippen molar-refractivity contribution in [3.8, 4) is 11.3 Å². The summed E-state index contributed by atoms with van der Waals surface area (Å²) in [6.45, 7) is 3.08. The van der Waals surface area contributed by atoms with Crippen molar-refractivity contribution in [2.75, 3.05) is 20.1 Å². The smallest absolute Gasteiger partial charge is 0.253 e. The van der Waals surface area contributed by atoms with Crippen molar-refractivity contribution in [1.82, 2.24) is 20.5 Å². The number of benzene rings is 1. The van der Waals surface area contributed by atoms with E-state index in [1.54, 1.807) is 24.3 Å². The molecular weight excluding hydrogens is 347 g/mol. The molecule has 0 unspecified atom stereocenters. The van der Waals surface area contributed by atoms with Gasteiger partial charge in [0, 0.05) is 30.9 Å². The van der Waals surface area contributed by atoms with Crippen LogP contribution in [0, 0.1) is 5.82 Å². The van der Waals surface area contributed by atoms with Gasteiger partial charge < -0.3 is 10.6 Å². The first-order valence-corrected chi connectivity index (χ1v) is 8.98. The van der Waals surface area contributed by atoms with E-state index >= 15 is 0 Å². The van der Waals surface area contributed by atoms with E-state index in [2.05, 4.69) is 15.6 Å². The predicted molar refractivity (Wildman–Crippen MR) is 101 cm³/mol.